The maximum atomic E-state index is 14.9. The van der Waals surface area contributed by atoms with Crippen LogP contribution in [0.15, 0.2) is 23.6 Å². The van der Waals surface area contributed by atoms with Gasteiger partial charge in [-0.15, -0.1) is 11.3 Å². The van der Waals surface area contributed by atoms with E-state index in [1.165, 1.54) is 30.7 Å². The third-order valence-corrected chi connectivity index (χ3v) is 5.04. The van der Waals surface area contributed by atoms with E-state index in [4.69, 9.17) is 18.9 Å². The second kappa shape index (κ2) is 10.4. The first kappa shape index (κ1) is 27.1. The van der Waals surface area contributed by atoms with Gasteiger partial charge >= 0.3 is 18.2 Å². The molecule has 0 saturated heterocycles. The van der Waals surface area contributed by atoms with Crippen LogP contribution in [0.25, 0.3) is 11.1 Å². The number of rotatable bonds is 5. The molecule has 0 spiro atoms. The van der Waals surface area contributed by atoms with E-state index in [1.807, 2.05) is 0 Å². The first-order valence-corrected chi connectivity index (χ1v) is 11.4. The largest absolute Gasteiger partial charge is 0.497 e. The van der Waals surface area contributed by atoms with Crippen molar-refractivity contribution in [2.75, 3.05) is 18.6 Å². The summed E-state index contributed by atoms with van der Waals surface area (Å²) in [6.07, 6.45) is -2.09. The molecular weight excluding hydrogens is 465 g/mol. The van der Waals surface area contributed by atoms with Gasteiger partial charge < -0.3 is 18.9 Å². The standard InChI is InChI=1S/C24H30FNO7S/c1-9-31-20(27)18-16(15-11-10-14(30-8)12-17(15)25)13-34-19(18)26(21(28)32-23(2,3)4)22(29)33-24(5,6)7/h10-13H,9H2,1-8H3. The number of hydrogen-bond acceptors (Lipinski definition) is 8. The highest BCUT2D eigenvalue weighted by Crippen LogP contribution is 2.41. The van der Waals surface area contributed by atoms with Gasteiger partial charge in [0.2, 0.25) is 0 Å². The van der Waals surface area contributed by atoms with Crippen molar-refractivity contribution < 1.29 is 37.7 Å². The Morgan fingerprint density at radius 2 is 1.53 bits per heavy atom. The van der Waals surface area contributed by atoms with Gasteiger partial charge in [0.05, 0.1) is 13.7 Å². The van der Waals surface area contributed by atoms with Crippen molar-refractivity contribution in [2.24, 2.45) is 0 Å². The molecule has 2 rings (SSSR count). The number of anilines is 1. The molecule has 0 N–H and O–H groups in total. The highest BCUT2D eigenvalue weighted by atomic mass is 32.1. The van der Waals surface area contributed by atoms with E-state index < -0.39 is 35.2 Å². The second-order valence-corrected chi connectivity index (χ2v) is 10.0. The lowest BCUT2D eigenvalue weighted by atomic mass is 10.0. The van der Waals surface area contributed by atoms with E-state index >= 15 is 0 Å². The van der Waals surface area contributed by atoms with Crippen molar-refractivity contribution in [3.8, 4) is 16.9 Å². The number of halogens is 1. The number of hydrogen-bond donors (Lipinski definition) is 0. The van der Waals surface area contributed by atoms with E-state index in [9.17, 15) is 18.8 Å². The monoisotopic (exact) mass is 495 g/mol. The summed E-state index contributed by atoms with van der Waals surface area (Å²) in [6.45, 7) is 11.4. The Hall–Kier alpha value is -3.14. The zero-order chi connectivity index (χ0) is 25.8. The first-order valence-electron chi connectivity index (χ1n) is 10.6. The summed E-state index contributed by atoms with van der Waals surface area (Å²) >= 11 is 0.886. The molecule has 186 valence electrons. The van der Waals surface area contributed by atoms with E-state index in [0.29, 0.717) is 10.6 Å². The lowest BCUT2D eigenvalue weighted by Gasteiger charge is -2.28. The van der Waals surface area contributed by atoms with E-state index in [1.54, 1.807) is 48.5 Å². The molecule has 1 heterocycles. The Morgan fingerprint density at radius 3 is 1.97 bits per heavy atom. The number of esters is 1. The molecule has 8 nitrogen and oxygen atoms in total. The minimum atomic E-state index is -1.05. The highest BCUT2D eigenvalue weighted by Gasteiger charge is 2.38. The van der Waals surface area contributed by atoms with Gasteiger partial charge in [-0.05, 0) is 60.6 Å². The van der Waals surface area contributed by atoms with Crippen LogP contribution in [-0.2, 0) is 14.2 Å². The lowest BCUT2D eigenvalue weighted by molar-refractivity contribution is 0.0432. The molecule has 0 saturated carbocycles. The second-order valence-electron chi connectivity index (χ2n) is 9.19. The van der Waals surface area contributed by atoms with Gasteiger partial charge in [-0.25, -0.2) is 18.8 Å². The summed E-state index contributed by atoms with van der Waals surface area (Å²) < 4.78 is 35.9. The minimum absolute atomic E-state index is 0.0253. The lowest BCUT2D eigenvalue weighted by Crippen LogP contribution is -2.44. The molecule has 1 aromatic carbocycles. The Labute approximate surface area is 202 Å². The van der Waals surface area contributed by atoms with Crippen molar-refractivity contribution in [3.63, 3.8) is 0 Å². The molecule has 0 bridgehead atoms. The van der Waals surface area contributed by atoms with Crippen molar-refractivity contribution in [1.29, 1.82) is 0 Å². The minimum Gasteiger partial charge on any atom is -0.497 e. The Kier molecular flexibility index (Phi) is 8.31. The van der Waals surface area contributed by atoms with Gasteiger partial charge in [-0.1, -0.05) is 0 Å². The van der Waals surface area contributed by atoms with Crippen LogP contribution in [0.2, 0.25) is 0 Å². The summed E-state index contributed by atoms with van der Waals surface area (Å²) in [5.41, 5.74) is -1.82. The van der Waals surface area contributed by atoms with Gasteiger partial charge in [0.15, 0.2) is 0 Å². The van der Waals surface area contributed by atoms with Crippen molar-refractivity contribution in [2.45, 2.75) is 59.7 Å². The Bertz CT molecular complexity index is 1040. The molecular formula is C24H30FNO7S. The van der Waals surface area contributed by atoms with E-state index in [-0.39, 0.29) is 28.3 Å². The van der Waals surface area contributed by atoms with Gasteiger partial charge in [0.25, 0.3) is 0 Å². The van der Waals surface area contributed by atoms with Crippen LogP contribution >= 0.6 is 11.3 Å². The number of carbonyl (C=O) groups excluding carboxylic acids is 3. The average molecular weight is 496 g/mol. The summed E-state index contributed by atoms with van der Waals surface area (Å²) in [7, 11) is 1.40. The zero-order valence-corrected chi connectivity index (χ0v) is 21.4. The van der Waals surface area contributed by atoms with Crippen molar-refractivity contribution >= 4 is 34.5 Å². The van der Waals surface area contributed by atoms with Crippen LogP contribution in [0.3, 0.4) is 0 Å². The Balaban J connectivity index is 2.73. The molecule has 0 aliphatic carbocycles. The molecule has 2 amide bonds. The SMILES string of the molecule is CCOC(=O)c1c(-c2ccc(OC)cc2F)csc1N(C(=O)OC(C)(C)C)C(=O)OC(C)(C)C. The Morgan fingerprint density at radius 1 is 0.971 bits per heavy atom. The van der Waals surface area contributed by atoms with Crippen LogP contribution in [0.5, 0.6) is 5.75 Å². The molecule has 0 fully saturated rings. The number of imide groups is 1. The van der Waals surface area contributed by atoms with Crippen molar-refractivity contribution in [3.05, 3.63) is 35.0 Å². The summed E-state index contributed by atoms with van der Waals surface area (Å²) in [5.74, 6) is -1.20. The molecule has 0 aliphatic heterocycles. The van der Waals surface area contributed by atoms with Crippen LogP contribution in [0.4, 0.5) is 19.0 Å². The van der Waals surface area contributed by atoms with Crippen LogP contribution in [-0.4, -0.2) is 43.1 Å². The summed E-state index contributed by atoms with van der Waals surface area (Å²) in [4.78, 5) is 39.8. The number of amides is 2. The van der Waals surface area contributed by atoms with Gasteiger partial charge in [0.1, 0.15) is 33.3 Å². The predicted molar refractivity (Wildman–Crippen MR) is 127 cm³/mol. The number of thiophene rings is 1. The topological polar surface area (TPSA) is 91.4 Å². The van der Waals surface area contributed by atoms with Gasteiger partial charge in [-0.3, -0.25) is 0 Å². The fourth-order valence-electron chi connectivity index (χ4n) is 2.81. The van der Waals surface area contributed by atoms with Gasteiger partial charge in [-0.2, -0.15) is 4.90 Å². The fraction of sp³-hybridized carbons (Fsp3) is 0.458. The molecule has 0 atom stereocenters. The quantitative estimate of drug-likeness (QED) is 0.349. The predicted octanol–water partition coefficient (Wildman–Crippen LogP) is 6.42. The van der Waals surface area contributed by atoms with Gasteiger partial charge in [0, 0.05) is 22.6 Å². The van der Waals surface area contributed by atoms with Crippen LogP contribution < -0.4 is 9.64 Å². The molecule has 0 radical (unpaired) electrons. The zero-order valence-electron chi connectivity index (χ0n) is 20.6. The number of benzene rings is 1. The normalized spacial score (nSPS) is 11.6. The molecule has 10 heteroatoms. The summed E-state index contributed by atoms with van der Waals surface area (Å²) in [5, 5.41) is 1.36. The number of ether oxygens (including phenoxy) is 4. The maximum absolute atomic E-state index is 14.9. The molecule has 2 aromatic rings. The third kappa shape index (κ3) is 6.69. The number of carbonyl (C=O) groups is 3. The molecule has 1 aromatic heterocycles. The smallest absolute Gasteiger partial charge is 0.425 e. The van der Waals surface area contributed by atoms with E-state index in [0.717, 1.165) is 11.3 Å². The number of methoxy groups -OCH3 is 1. The fourth-order valence-corrected chi connectivity index (χ4v) is 3.85. The molecule has 0 aliphatic rings. The van der Waals surface area contributed by atoms with Crippen LogP contribution in [0.1, 0.15) is 58.8 Å². The first-order chi connectivity index (χ1) is 15.7. The highest BCUT2D eigenvalue weighted by molar-refractivity contribution is 7.15. The summed E-state index contributed by atoms with van der Waals surface area (Å²) in [6, 6.07) is 4.14. The van der Waals surface area contributed by atoms with Crippen LogP contribution in [0, 0.1) is 5.82 Å². The third-order valence-electron chi connectivity index (χ3n) is 4.07. The molecule has 34 heavy (non-hydrogen) atoms. The van der Waals surface area contributed by atoms with Crippen molar-refractivity contribution in [1.82, 2.24) is 0 Å². The van der Waals surface area contributed by atoms with E-state index in [2.05, 4.69) is 0 Å². The maximum Gasteiger partial charge on any atom is 0.425 e. The number of nitrogens with zero attached hydrogens (tertiary/aromatic N) is 1. The molecule has 0 unspecified atom stereocenters. The average Bonchev–Trinajstić information content (AvgIpc) is 3.09.